The average molecular weight is 245 g/mol. The summed E-state index contributed by atoms with van der Waals surface area (Å²) in [7, 11) is 0. The van der Waals surface area contributed by atoms with E-state index in [9.17, 15) is 4.79 Å². The van der Waals surface area contributed by atoms with E-state index in [0.29, 0.717) is 11.8 Å². The molecular formula is C14H19N3O. The molecule has 0 atom stereocenters. The molecule has 1 aromatic rings. The number of aromatic nitrogens is 2. The lowest BCUT2D eigenvalue weighted by Crippen LogP contribution is -2.11. The van der Waals surface area contributed by atoms with Gasteiger partial charge in [-0.25, -0.2) is 0 Å². The van der Waals surface area contributed by atoms with E-state index in [-0.39, 0.29) is 5.91 Å². The van der Waals surface area contributed by atoms with E-state index in [1.807, 2.05) is 19.9 Å². The molecule has 1 heterocycles. The van der Waals surface area contributed by atoms with Gasteiger partial charge in [-0.15, -0.1) is 0 Å². The van der Waals surface area contributed by atoms with Gasteiger partial charge in [-0.2, -0.15) is 5.10 Å². The number of rotatable bonds is 4. The third-order valence-electron chi connectivity index (χ3n) is 3.77. The van der Waals surface area contributed by atoms with E-state index in [0.717, 1.165) is 17.1 Å². The van der Waals surface area contributed by atoms with Crippen LogP contribution in [0.5, 0.6) is 0 Å². The lowest BCUT2D eigenvalue weighted by Gasteiger charge is -2.05. The first-order valence-corrected chi connectivity index (χ1v) is 6.69. The number of allylic oxidation sites excluding steroid dienone is 1. The molecule has 4 nitrogen and oxygen atoms in total. The highest BCUT2D eigenvalue weighted by Crippen LogP contribution is 2.48. The van der Waals surface area contributed by atoms with Crippen molar-refractivity contribution < 1.29 is 4.79 Å². The largest absolute Gasteiger partial charge is 0.319 e. The Kier molecular flexibility index (Phi) is 2.73. The molecule has 2 aliphatic rings. The van der Waals surface area contributed by atoms with E-state index in [4.69, 9.17) is 0 Å². The van der Waals surface area contributed by atoms with Crippen LogP contribution >= 0.6 is 0 Å². The zero-order valence-corrected chi connectivity index (χ0v) is 10.9. The van der Waals surface area contributed by atoms with Crippen molar-refractivity contribution in [2.24, 2.45) is 11.8 Å². The molecule has 4 heteroatoms. The number of nitrogens with one attached hydrogen (secondary N) is 2. The number of anilines is 1. The Hall–Kier alpha value is -1.58. The number of aryl methyl sites for hydroxylation is 2. The van der Waals surface area contributed by atoms with Crippen LogP contribution in [0.2, 0.25) is 0 Å². The van der Waals surface area contributed by atoms with Crippen molar-refractivity contribution in [3.05, 3.63) is 23.0 Å². The van der Waals surface area contributed by atoms with Gasteiger partial charge in [0.15, 0.2) is 0 Å². The fourth-order valence-electron chi connectivity index (χ4n) is 2.45. The Bertz CT molecular complexity index is 474. The Balaban J connectivity index is 1.73. The SMILES string of the molecule is Cc1n[nH]c(C)c1NC(=O)C=C(C1CC1)C1CC1. The molecular weight excluding hydrogens is 226 g/mol. The molecule has 0 spiro atoms. The summed E-state index contributed by atoms with van der Waals surface area (Å²) in [5.74, 6) is 1.38. The Morgan fingerprint density at radius 3 is 2.33 bits per heavy atom. The fraction of sp³-hybridized carbons (Fsp3) is 0.571. The van der Waals surface area contributed by atoms with E-state index in [2.05, 4.69) is 15.5 Å². The number of carbonyl (C=O) groups excluding carboxylic acids is 1. The number of nitrogens with zero attached hydrogens (tertiary/aromatic N) is 1. The monoisotopic (exact) mass is 245 g/mol. The highest BCUT2D eigenvalue weighted by Gasteiger charge is 2.36. The minimum absolute atomic E-state index is 0.00333. The van der Waals surface area contributed by atoms with Crippen LogP contribution in [0.4, 0.5) is 5.69 Å². The molecule has 2 N–H and O–H groups in total. The van der Waals surface area contributed by atoms with Crippen LogP contribution in [0.3, 0.4) is 0 Å². The summed E-state index contributed by atoms with van der Waals surface area (Å²) >= 11 is 0. The molecule has 18 heavy (non-hydrogen) atoms. The minimum Gasteiger partial charge on any atom is -0.319 e. The molecule has 0 bridgehead atoms. The van der Waals surface area contributed by atoms with Crippen molar-refractivity contribution in [2.45, 2.75) is 39.5 Å². The van der Waals surface area contributed by atoms with Crippen LogP contribution in [0.15, 0.2) is 11.6 Å². The van der Waals surface area contributed by atoms with Crippen molar-refractivity contribution in [1.29, 1.82) is 0 Å². The molecule has 0 aromatic carbocycles. The number of aromatic amines is 1. The Morgan fingerprint density at radius 1 is 1.28 bits per heavy atom. The zero-order chi connectivity index (χ0) is 12.7. The molecule has 0 aliphatic heterocycles. The third-order valence-corrected chi connectivity index (χ3v) is 3.77. The predicted octanol–water partition coefficient (Wildman–Crippen LogP) is 2.71. The van der Waals surface area contributed by atoms with E-state index >= 15 is 0 Å². The molecule has 1 aromatic heterocycles. The van der Waals surface area contributed by atoms with Crippen LogP contribution in [0, 0.1) is 25.7 Å². The number of carbonyl (C=O) groups is 1. The summed E-state index contributed by atoms with van der Waals surface area (Å²) in [6.07, 6.45) is 6.89. The molecule has 2 saturated carbocycles. The molecule has 2 aliphatic carbocycles. The first kappa shape index (κ1) is 11.5. The van der Waals surface area contributed by atoms with E-state index < -0.39 is 0 Å². The van der Waals surface area contributed by atoms with E-state index in [1.54, 1.807) is 0 Å². The van der Waals surface area contributed by atoms with Crippen LogP contribution in [0.25, 0.3) is 0 Å². The van der Waals surface area contributed by atoms with Crippen molar-refractivity contribution in [1.82, 2.24) is 10.2 Å². The van der Waals surface area contributed by atoms with Crippen molar-refractivity contribution in [3.63, 3.8) is 0 Å². The Labute approximate surface area is 107 Å². The summed E-state index contributed by atoms with van der Waals surface area (Å²) in [5.41, 5.74) is 3.95. The first-order valence-electron chi connectivity index (χ1n) is 6.69. The van der Waals surface area contributed by atoms with Gasteiger partial charge < -0.3 is 5.32 Å². The summed E-state index contributed by atoms with van der Waals surface area (Å²) in [6.45, 7) is 3.81. The molecule has 96 valence electrons. The van der Waals surface area contributed by atoms with Crippen LogP contribution in [0.1, 0.15) is 37.1 Å². The summed E-state index contributed by atoms with van der Waals surface area (Å²) in [6, 6.07) is 0. The second kappa shape index (κ2) is 4.26. The van der Waals surface area contributed by atoms with Gasteiger partial charge in [-0.3, -0.25) is 9.89 Å². The van der Waals surface area contributed by atoms with Gasteiger partial charge in [-0.1, -0.05) is 5.57 Å². The van der Waals surface area contributed by atoms with Crippen LogP contribution in [-0.2, 0) is 4.79 Å². The standard InChI is InChI=1S/C14H19N3O/c1-8-14(9(2)17-16-8)15-13(18)7-12(10-3-4-10)11-5-6-11/h7,10-11H,3-6H2,1-2H3,(H,15,18)(H,16,17). The molecule has 0 saturated heterocycles. The van der Waals surface area contributed by atoms with Gasteiger partial charge >= 0.3 is 0 Å². The first-order chi connectivity index (χ1) is 8.65. The fourth-order valence-corrected chi connectivity index (χ4v) is 2.45. The topological polar surface area (TPSA) is 57.8 Å². The average Bonchev–Trinajstić information content (AvgIpc) is 3.23. The van der Waals surface area contributed by atoms with Gasteiger partial charge in [-0.05, 0) is 51.4 Å². The summed E-state index contributed by atoms with van der Waals surface area (Å²) < 4.78 is 0. The van der Waals surface area contributed by atoms with Gasteiger partial charge in [0.25, 0.3) is 0 Å². The normalized spacial score (nSPS) is 18.6. The number of hydrogen-bond acceptors (Lipinski definition) is 2. The second-order valence-electron chi connectivity index (χ2n) is 5.49. The van der Waals surface area contributed by atoms with Crippen molar-refractivity contribution >= 4 is 11.6 Å². The van der Waals surface area contributed by atoms with Gasteiger partial charge in [0.05, 0.1) is 17.1 Å². The lowest BCUT2D eigenvalue weighted by molar-refractivity contribution is -0.112. The number of hydrogen-bond donors (Lipinski definition) is 2. The van der Waals surface area contributed by atoms with E-state index in [1.165, 1.54) is 31.3 Å². The summed E-state index contributed by atoms with van der Waals surface area (Å²) in [4.78, 5) is 12.1. The molecule has 2 fully saturated rings. The smallest absolute Gasteiger partial charge is 0.248 e. The Morgan fingerprint density at radius 2 is 1.89 bits per heavy atom. The van der Waals surface area contributed by atoms with Crippen molar-refractivity contribution in [2.75, 3.05) is 5.32 Å². The van der Waals surface area contributed by atoms with Crippen molar-refractivity contribution in [3.8, 4) is 0 Å². The van der Waals surface area contributed by atoms with Gasteiger partial charge in [0.1, 0.15) is 0 Å². The molecule has 0 unspecified atom stereocenters. The maximum Gasteiger partial charge on any atom is 0.248 e. The molecule has 1 amide bonds. The maximum absolute atomic E-state index is 12.1. The van der Waals surface area contributed by atoms with Gasteiger partial charge in [0.2, 0.25) is 5.91 Å². The highest BCUT2D eigenvalue weighted by atomic mass is 16.1. The minimum atomic E-state index is -0.00333. The maximum atomic E-state index is 12.1. The number of H-pyrrole nitrogens is 1. The lowest BCUT2D eigenvalue weighted by atomic mass is 10.1. The summed E-state index contributed by atoms with van der Waals surface area (Å²) in [5, 5.41) is 9.91. The molecule has 3 rings (SSSR count). The highest BCUT2D eigenvalue weighted by molar-refractivity contribution is 6.00. The van der Waals surface area contributed by atoms with Crippen LogP contribution in [-0.4, -0.2) is 16.1 Å². The second-order valence-corrected chi connectivity index (χ2v) is 5.49. The zero-order valence-electron chi connectivity index (χ0n) is 10.9. The predicted molar refractivity (Wildman–Crippen MR) is 70.2 cm³/mol. The van der Waals surface area contributed by atoms with Crippen LogP contribution < -0.4 is 5.32 Å². The van der Waals surface area contributed by atoms with Gasteiger partial charge in [0, 0.05) is 6.08 Å². The number of amides is 1. The molecule has 0 radical (unpaired) electrons. The third kappa shape index (κ3) is 2.33. The quantitative estimate of drug-likeness (QED) is 0.801.